The van der Waals surface area contributed by atoms with Crippen LogP contribution < -0.4 is 16.4 Å². The van der Waals surface area contributed by atoms with Gasteiger partial charge in [0.05, 0.1) is 0 Å². The second-order valence-electron chi connectivity index (χ2n) is 4.61. The van der Waals surface area contributed by atoms with Crippen molar-refractivity contribution >= 4 is 24.2 Å². The summed E-state index contributed by atoms with van der Waals surface area (Å²) in [5.41, 5.74) is 4.96. The van der Waals surface area contributed by atoms with Crippen molar-refractivity contribution < 1.29 is 9.59 Å². The van der Waals surface area contributed by atoms with Crippen LogP contribution in [0.5, 0.6) is 0 Å². The quantitative estimate of drug-likeness (QED) is 0.655. The van der Waals surface area contributed by atoms with E-state index in [1.807, 2.05) is 25.2 Å². The topological polar surface area (TPSA) is 84.2 Å². The number of carbonyl (C=O) groups excluding carboxylic acids is 2. The molecule has 0 saturated heterocycles. The van der Waals surface area contributed by atoms with Gasteiger partial charge in [-0.25, -0.2) is 0 Å². The van der Waals surface area contributed by atoms with Crippen LogP contribution in [0.2, 0.25) is 0 Å². The van der Waals surface area contributed by atoms with E-state index in [1.165, 1.54) is 0 Å². The highest BCUT2D eigenvalue weighted by Crippen LogP contribution is 2.20. The third kappa shape index (κ3) is 4.83. The molecular formula is C14H22ClN3O2. The molecule has 0 radical (unpaired) electrons. The van der Waals surface area contributed by atoms with Crippen LogP contribution in [-0.2, 0) is 15.1 Å². The van der Waals surface area contributed by atoms with E-state index in [2.05, 4.69) is 10.6 Å². The number of rotatable bonds is 7. The van der Waals surface area contributed by atoms with Crippen molar-refractivity contribution in [1.29, 1.82) is 0 Å². The average molecular weight is 300 g/mol. The normalized spacial score (nSPS) is 12.9. The van der Waals surface area contributed by atoms with Crippen LogP contribution in [0, 0.1) is 0 Å². The minimum absolute atomic E-state index is 0. The molecule has 0 aromatic heterocycles. The smallest absolute Gasteiger partial charge is 0.247 e. The number of halogens is 1. The zero-order valence-electron chi connectivity index (χ0n) is 11.8. The van der Waals surface area contributed by atoms with E-state index in [0.29, 0.717) is 18.4 Å². The molecule has 0 saturated carbocycles. The molecule has 0 aliphatic carbocycles. The Bertz CT molecular complexity index is 439. The van der Waals surface area contributed by atoms with Crippen LogP contribution in [-0.4, -0.2) is 25.4 Å². The van der Waals surface area contributed by atoms with Gasteiger partial charge < -0.3 is 16.4 Å². The number of nitrogens with two attached hydrogens (primary N) is 1. The van der Waals surface area contributed by atoms with Crippen LogP contribution in [0.25, 0.3) is 0 Å². The lowest BCUT2D eigenvalue weighted by molar-refractivity contribution is -0.131. The zero-order chi connectivity index (χ0) is 14.3. The molecule has 0 spiro atoms. The van der Waals surface area contributed by atoms with Crippen molar-refractivity contribution in [1.82, 2.24) is 10.6 Å². The maximum Gasteiger partial charge on any atom is 0.247 e. The van der Waals surface area contributed by atoms with Gasteiger partial charge in [-0.2, -0.15) is 0 Å². The minimum atomic E-state index is -1.17. The highest BCUT2D eigenvalue weighted by atomic mass is 35.5. The fraction of sp³-hybridized carbons (Fsp3) is 0.429. The molecule has 112 valence electrons. The Labute approximate surface area is 125 Å². The number of hydrogen-bond acceptors (Lipinski definition) is 3. The Morgan fingerprint density at radius 2 is 1.85 bits per heavy atom. The van der Waals surface area contributed by atoms with Gasteiger partial charge >= 0.3 is 0 Å². The summed E-state index contributed by atoms with van der Waals surface area (Å²) in [7, 11) is 1.83. The lowest BCUT2D eigenvalue weighted by Crippen LogP contribution is -2.52. The predicted molar refractivity (Wildman–Crippen MR) is 81.5 cm³/mol. The van der Waals surface area contributed by atoms with E-state index in [-0.39, 0.29) is 18.3 Å². The fourth-order valence-corrected chi connectivity index (χ4v) is 1.81. The van der Waals surface area contributed by atoms with Gasteiger partial charge in [0.25, 0.3) is 0 Å². The molecule has 1 atom stereocenters. The summed E-state index contributed by atoms with van der Waals surface area (Å²) < 4.78 is 0. The van der Waals surface area contributed by atoms with Crippen LogP contribution in [0.1, 0.15) is 25.3 Å². The number of primary amides is 1. The first kappa shape index (κ1) is 18.4. The number of hydrogen-bond donors (Lipinski definition) is 3. The number of nitrogens with one attached hydrogen (secondary N) is 2. The van der Waals surface area contributed by atoms with Crippen LogP contribution >= 0.6 is 12.4 Å². The lowest BCUT2D eigenvalue weighted by Gasteiger charge is -2.28. The predicted octanol–water partition coefficient (Wildman–Crippen LogP) is 0.925. The fourth-order valence-electron chi connectivity index (χ4n) is 1.81. The first-order valence-electron chi connectivity index (χ1n) is 6.31. The van der Waals surface area contributed by atoms with Gasteiger partial charge in [-0.15, -0.1) is 12.4 Å². The monoisotopic (exact) mass is 299 g/mol. The summed E-state index contributed by atoms with van der Waals surface area (Å²) in [5, 5.41) is 5.70. The third-order valence-electron chi connectivity index (χ3n) is 3.06. The average Bonchev–Trinajstić information content (AvgIpc) is 2.39. The van der Waals surface area contributed by atoms with E-state index >= 15 is 0 Å². The van der Waals surface area contributed by atoms with E-state index < -0.39 is 11.4 Å². The SMILES string of the molecule is CNCCCC(=O)NC(C)(C(N)=O)c1ccccc1.Cl. The summed E-state index contributed by atoms with van der Waals surface area (Å²) in [6, 6.07) is 9.02. The third-order valence-corrected chi connectivity index (χ3v) is 3.06. The molecule has 20 heavy (non-hydrogen) atoms. The molecule has 0 heterocycles. The van der Waals surface area contributed by atoms with E-state index in [0.717, 1.165) is 6.54 Å². The van der Waals surface area contributed by atoms with E-state index in [9.17, 15) is 9.59 Å². The summed E-state index contributed by atoms with van der Waals surface area (Å²) in [6.07, 6.45) is 1.07. The molecule has 1 unspecified atom stereocenters. The summed E-state index contributed by atoms with van der Waals surface area (Å²) in [6.45, 7) is 2.38. The van der Waals surface area contributed by atoms with Crippen LogP contribution in [0.4, 0.5) is 0 Å². The van der Waals surface area contributed by atoms with Crippen molar-refractivity contribution in [3.8, 4) is 0 Å². The van der Waals surface area contributed by atoms with Gasteiger partial charge in [0.1, 0.15) is 5.54 Å². The summed E-state index contributed by atoms with van der Waals surface area (Å²) in [4.78, 5) is 23.5. The molecule has 1 rings (SSSR count). The molecule has 0 aliphatic heterocycles. The Kier molecular flexibility index (Phi) is 7.87. The van der Waals surface area contributed by atoms with Gasteiger partial charge in [0.15, 0.2) is 0 Å². The van der Waals surface area contributed by atoms with Gasteiger partial charge in [0.2, 0.25) is 11.8 Å². The van der Waals surface area contributed by atoms with Gasteiger partial charge in [-0.3, -0.25) is 9.59 Å². The number of carbonyl (C=O) groups is 2. The Morgan fingerprint density at radius 1 is 1.25 bits per heavy atom. The molecule has 1 aromatic carbocycles. The lowest BCUT2D eigenvalue weighted by atomic mass is 9.91. The first-order chi connectivity index (χ1) is 9.00. The molecule has 0 aliphatic rings. The van der Waals surface area contributed by atoms with Gasteiger partial charge in [-0.1, -0.05) is 30.3 Å². The maximum atomic E-state index is 11.9. The van der Waals surface area contributed by atoms with E-state index in [4.69, 9.17) is 5.73 Å². The standard InChI is InChI=1S/C14H21N3O2.ClH/c1-14(13(15)19,11-7-4-3-5-8-11)17-12(18)9-6-10-16-2;/h3-5,7-8,16H,6,9-10H2,1-2H3,(H2,15,19)(H,17,18);1H. The van der Waals surface area contributed by atoms with Gasteiger partial charge in [-0.05, 0) is 32.5 Å². The summed E-state index contributed by atoms with van der Waals surface area (Å²) in [5.74, 6) is -0.749. The molecule has 5 nitrogen and oxygen atoms in total. The van der Waals surface area contributed by atoms with Crippen molar-refractivity contribution in [3.05, 3.63) is 35.9 Å². The second kappa shape index (κ2) is 8.55. The molecule has 0 fully saturated rings. The van der Waals surface area contributed by atoms with E-state index in [1.54, 1.807) is 19.1 Å². The van der Waals surface area contributed by atoms with Crippen molar-refractivity contribution in [2.75, 3.05) is 13.6 Å². The van der Waals surface area contributed by atoms with Crippen LogP contribution in [0.3, 0.4) is 0 Å². The number of amides is 2. The Morgan fingerprint density at radius 3 is 2.35 bits per heavy atom. The zero-order valence-corrected chi connectivity index (χ0v) is 12.6. The van der Waals surface area contributed by atoms with Gasteiger partial charge in [0, 0.05) is 6.42 Å². The molecule has 1 aromatic rings. The molecule has 2 amide bonds. The van der Waals surface area contributed by atoms with Crippen molar-refractivity contribution in [2.45, 2.75) is 25.3 Å². The molecular weight excluding hydrogens is 278 g/mol. The molecule has 0 bridgehead atoms. The second-order valence-corrected chi connectivity index (χ2v) is 4.61. The summed E-state index contributed by atoms with van der Waals surface area (Å²) >= 11 is 0. The first-order valence-corrected chi connectivity index (χ1v) is 6.31. The van der Waals surface area contributed by atoms with Crippen molar-refractivity contribution in [2.24, 2.45) is 5.73 Å². The minimum Gasteiger partial charge on any atom is -0.367 e. The molecule has 4 N–H and O–H groups in total. The highest BCUT2D eigenvalue weighted by Gasteiger charge is 2.34. The maximum absolute atomic E-state index is 11.9. The van der Waals surface area contributed by atoms with Crippen LogP contribution in [0.15, 0.2) is 30.3 Å². The van der Waals surface area contributed by atoms with Crippen molar-refractivity contribution in [3.63, 3.8) is 0 Å². The largest absolute Gasteiger partial charge is 0.367 e. The highest BCUT2D eigenvalue weighted by molar-refractivity contribution is 5.91. The number of benzene rings is 1. The molecule has 6 heteroatoms. The Hall–Kier alpha value is -1.59. The Balaban J connectivity index is 0.00000361.